The van der Waals surface area contributed by atoms with Crippen LogP contribution < -0.4 is 62.2 Å². The van der Waals surface area contributed by atoms with Gasteiger partial charge in [0.05, 0.1) is 0 Å². The van der Waals surface area contributed by atoms with Crippen molar-refractivity contribution in [1.82, 2.24) is 0 Å². The van der Waals surface area contributed by atoms with Crippen LogP contribution in [0.4, 0.5) is 102 Å². The van der Waals surface area contributed by atoms with Crippen LogP contribution in [0.3, 0.4) is 0 Å². The molecule has 22 rings (SSSR count). The van der Waals surface area contributed by atoms with Gasteiger partial charge in [-0.25, -0.2) is 0 Å². The molecule has 0 atom stereocenters. The summed E-state index contributed by atoms with van der Waals surface area (Å²) in [5.74, 6) is 0. The van der Waals surface area contributed by atoms with Gasteiger partial charge < -0.3 is 29.4 Å². The fraction of sp³-hybridized carbons (Fsp3) is 0.0924. The molecule has 6 nitrogen and oxygen atoms in total. The highest BCUT2D eigenvalue weighted by Crippen LogP contribution is 2.51. The predicted molar refractivity (Wildman–Crippen MR) is 543 cm³/mol. The van der Waals surface area contributed by atoms with Crippen LogP contribution >= 0.6 is 0 Å². The molecule has 0 amide bonds. The summed E-state index contributed by atoms with van der Waals surface area (Å²) < 4.78 is 0. The number of benzene rings is 18. The lowest BCUT2D eigenvalue weighted by Crippen LogP contribution is -2.61. The second-order valence-corrected chi connectivity index (χ2v) is 36.8. The molecule has 4 aliphatic rings. The molecule has 0 bridgehead atoms. The molecular weight excluding hydrogens is 1530 g/mol. The third kappa shape index (κ3) is 14.0. The van der Waals surface area contributed by atoms with Crippen LogP contribution in [0.15, 0.2) is 419 Å². The van der Waals surface area contributed by atoms with E-state index in [2.05, 4.69) is 510 Å². The fourth-order valence-electron chi connectivity index (χ4n) is 20.0. The molecule has 18 aromatic rings. The van der Waals surface area contributed by atoms with Gasteiger partial charge in [0, 0.05) is 102 Å². The second kappa shape index (κ2) is 31.3. The van der Waals surface area contributed by atoms with Crippen LogP contribution in [0.1, 0.15) is 69.4 Å². The highest BCUT2D eigenvalue weighted by atomic mass is 15.2. The molecule has 0 radical (unpaired) electrons. The van der Waals surface area contributed by atoms with Gasteiger partial charge in [0.25, 0.3) is 13.4 Å². The summed E-state index contributed by atoms with van der Waals surface area (Å²) in [6, 6.07) is 157. The summed E-state index contributed by atoms with van der Waals surface area (Å²) in [5, 5.41) is 0. The maximum Gasteiger partial charge on any atom is 0.252 e. The molecule has 0 saturated carbocycles. The van der Waals surface area contributed by atoms with Crippen molar-refractivity contribution in [2.45, 2.75) is 73.1 Å². The van der Waals surface area contributed by atoms with E-state index < -0.39 is 0 Å². The van der Waals surface area contributed by atoms with E-state index in [0.717, 1.165) is 96.2 Å². The number of anilines is 18. The van der Waals surface area contributed by atoms with Crippen LogP contribution in [0.25, 0.3) is 55.6 Å². The van der Waals surface area contributed by atoms with Gasteiger partial charge in [-0.3, -0.25) is 0 Å². The van der Waals surface area contributed by atoms with E-state index in [1.807, 2.05) is 0 Å². The molecule has 0 aliphatic carbocycles. The molecule has 608 valence electrons. The smallest absolute Gasteiger partial charge is 0.252 e. The normalized spacial score (nSPS) is 12.8. The Morgan fingerprint density at radius 2 is 0.480 bits per heavy atom. The molecule has 0 saturated heterocycles. The van der Waals surface area contributed by atoms with Gasteiger partial charge in [0.15, 0.2) is 0 Å². The van der Waals surface area contributed by atoms with Gasteiger partial charge in [0.2, 0.25) is 0 Å². The maximum atomic E-state index is 2.57. The van der Waals surface area contributed by atoms with E-state index in [1.54, 1.807) is 0 Å². The Bertz CT molecular complexity index is 7130. The lowest BCUT2D eigenvalue weighted by atomic mass is 9.33. The Kier molecular flexibility index (Phi) is 19.2. The largest absolute Gasteiger partial charge is 0.311 e. The second-order valence-electron chi connectivity index (χ2n) is 36.8. The summed E-state index contributed by atoms with van der Waals surface area (Å²) in [6.07, 6.45) is 0. The van der Waals surface area contributed by atoms with Crippen molar-refractivity contribution in [3.05, 3.63) is 446 Å². The fourth-order valence-corrected chi connectivity index (χ4v) is 20.0. The highest BCUT2D eigenvalue weighted by Gasteiger charge is 2.46. The molecule has 18 aromatic carbocycles. The zero-order valence-corrected chi connectivity index (χ0v) is 73.2. The first kappa shape index (κ1) is 77.9. The van der Waals surface area contributed by atoms with E-state index in [4.69, 9.17) is 0 Å². The van der Waals surface area contributed by atoms with Crippen molar-refractivity contribution in [3.63, 3.8) is 0 Å². The van der Waals surface area contributed by atoms with Crippen molar-refractivity contribution in [2.75, 3.05) is 29.4 Å². The summed E-state index contributed by atoms with van der Waals surface area (Å²) in [7, 11) is 0. The van der Waals surface area contributed by atoms with Crippen LogP contribution in [-0.2, 0) is 10.8 Å². The Balaban J connectivity index is 0.652. The number of rotatable bonds is 15. The van der Waals surface area contributed by atoms with E-state index in [9.17, 15) is 0 Å². The molecule has 0 N–H and O–H groups in total. The maximum absolute atomic E-state index is 2.57. The first-order valence-electron chi connectivity index (χ1n) is 44.6. The minimum atomic E-state index is -0.107. The van der Waals surface area contributed by atoms with Crippen molar-refractivity contribution in [3.8, 4) is 55.6 Å². The summed E-state index contributed by atoms with van der Waals surface area (Å²) in [6.45, 7) is 20.4. The van der Waals surface area contributed by atoms with E-state index in [-0.39, 0.29) is 24.3 Å². The summed E-state index contributed by atoms with van der Waals surface area (Å²) in [5.41, 5.74) is 45.7. The molecule has 0 unspecified atom stereocenters. The summed E-state index contributed by atoms with van der Waals surface area (Å²) >= 11 is 0. The Morgan fingerprint density at radius 1 is 0.189 bits per heavy atom. The predicted octanol–water partition coefficient (Wildman–Crippen LogP) is 28.6. The molecule has 4 aliphatic heterocycles. The zero-order valence-electron chi connectivity index (χ0n) is 73.2. The average Bonchev–Trinajstić information content (AvgIpc) is 0.702. The minimum absolute atomic E-state index is 0.00602. The van der Waals surface area contributed by atoms with Gasteiger partial charge in [-0.2, -0.15) is 0 Å². The molecule has 0 aromatic heterocycles. The molecular formula is C119H96B2N6. The van der Waals surface area contributed by atoms with Crippen LogP contribution in [0.5, 0.6) is 0 Å². The molecule has 8 heteroatoms. The number of nitrogens with zero attached hydrogens (tertiary/aromatic N) is 6. The third-order valence-corrected chi connectivity index (χ3v) is 26.5. The quantitative estimate of drug-likeness (QED) is 0.0946. The Labute approximate surface area is 748 Å². The van der Waals surface area contributed by atoms with Crippen molar-refractivity contribution >= 4 is 149 Å². The molecule has 0 spiro atoms. The number of fused-ring (bicyclic) bond motifs is 8. The topological polar surface area (TPSA) is 19.4 Å². The van der Waals surface area contributed by atoms with E-state index in [1.165, 1.54) is 122 Å². The molecule has 127 heavy (non-hydrogen) atoms. The van der Waals surface area contributed by atoms with E-state index in [0.29, 0.717) is 0 Å². The standard InChI is InChI=1S/C119H96B2N6/c1-79-34-54-98(55-35-79)124-108-72-38-81(3)74-106(108)120-104-70-68-102(77-114(104)126(99-56-36-80(2)37-57-99)112-32-20-30-110(124)116(112)120)122(94-58-43-86(44-59-94)82-22-13-10-14-23-82)97-64-49-89(50-65-97)85-39-41-90(42-40-85)91-28-19-29-101(75-91)127-113-33-21-31-111-117(113)121(107-76-93(119(7,8)9)53-73-109(107)125(111)100-66-51-92(52-67-100)118(4,5)6)105-71-69-103(78-115(105)127)123(95-60-45-87(46-61-95)83-24-15-11-16-25-83)96-62-47-88(48-63-96)84-26-17-12-18-27-84/h10-78H,1-9H3. The van der Waals surface area contributed by atoms with Crippen molar-refractivity contribution in [2.24, 2.45) is 0 Å². The number of hydrogen-bond acceptors (Lipinski definition) is 6. The lowest BCUT2D eigenvalue weighted by Gasteiger charge is -2.45. The van der Waals surface area contributed by atoms with Gasteiger partial charge in [-0.05, 0) is 289 Å². The van der Waals surface area contributed by atoms with Crippen LogP contribution in [0.2, 0.25) is 0 Å². The zero-order chi connectivity index (χ0) is 85.9. The monoisotopic (exact) mass is 1630 g/mol. The third-order valence-electron chi connectivity index (χ3n) is 26.5. The first-order chi connectivity index (χ1) is 62.0. The van der Waals surface area contributed by atoms with Crippen LogP contribution in [0, 0.1) is 20.8 Å². The first-order valence-corrected chi connectivity index (χ1v) is 44.6. The highest BCUT2D eigenvalue weighted by molar-refractivity contribution is 7.01. The number of hydrogen-bond donors (Lipinski definition) is 0. The van der Waals surface area contributed by atoms with Crippen LogP contribution in [-0.4, -0.2) is 13.4 Å². The number of aryl methyl sites for hydroxylation is 3. The van der Waals surface area contributed by atoms with E-state index >= 15 is 0 Å². The van der Waals surface area contributed by atoms with Gasteiger partial charge in [-0.1, -0.05) is 319 Å². The average molecular weight is 1630 g/mol. The Morgan fingerprint density at radius 3 is 0.866 bits per heavy atom. The summed E-state index contributed by atoms with van der Waals surface area (Å²) in [4.78, 5) is 15.0. The molecule has 0 fully saturated rings. The van der Waals surface area contributed by atoms with Gasteiger partial charge in [-0.15, -0.1) is 0 Å². The molecule has 4 heterocycles. The SMILES string of the molecule is Cc1ccc(N2c3ccc(C)cc3B3c4ccc(N(c5ccc(-c6ccccc6)cc5)c5ccc(-c6ccc(-c7cccc(N8c9cc(N(c%10ccc(-c%11ccccc%11)cc%10)c%10ccc(-c%11ccccc%11)cc%10)ccc9B9c%10cc(C(C)(C)C)ccc%10N(c%10ccc(C(C)(C)C)cc%10)c%10cccc8c%109)c7)cc6)cc5)cc4N(c4ccc(C)cc4)c4cccc2c43)cc1. The lowest BCUT2D eigenvalue weighted by molar-refractivity contribution is 0.590. The van der Waals surface area contributed by atoms with Gasteiger partial charge in [0.1, 0.15) is 0 Å². The van der Waals surface area contributed by atoms with Gasteiger partial charge >= 0.3 is 0 Å². The Hall–Kier alpha value is -15.1. The van der Waals surface area contributed by atoms with Crippen molar-refractivity contribution in [1.29, 1.82) is 0 Å². The van der Waals surface area contributed by atoms with Crippen molar-refractivity contribution < 1.29 is 0 Å². The minimum Gasteiger partial charge on any atom is -0.311 e.